The van der Waals surface area contributed by atoms with Gasteiger partial charge < -0.3 is 74.4 Å². The number of hydrogen-bond donors (Lipinski definition) is 12. The number of carbonyl (C=O) groups excluding carboxylic acids is 9. The number of carboxylic acid groups (broad SMARTS) is 1. The minimum Gasteiger partial charge on any atom is -0.508 e. The van der Waals surface area contributed by atoms with Gasteiger partial charge in [0.1, 0.15) is 42.0 Å². The molecular formula is C43H67N13O12. The molecule has 2 aliphatic rings. The SMILES string of the molecule is CC(=O)NCCCC[C@H](NC(=O)O)C(=O)NCC(=O)N[C@@H](CCCN=C(N)N)C(=O)N[C@H](C(=O)N1CCC[C@H]1C(=O)N[C@@H](Cc1ccc(O)cc1)C(=O)N1CCC[C@H]1C(=O)NCC(N)=O)C(C)C. The number of nitrogens with two attached hydrogens (primary N) is 3. The maximum absolute atomic E-state index is 14.4. The molecule has 15 N–H and O–H groups in total. The average Bonchev–Trinajstić information content (AvgIpc) is 3.98. The maximum atomic E-state index is 14.4. The van der Waals surface area contributed by atoms with E-state index in [-0.39, 0.29) is 69.4 Å². The number of likely N-dealkylation sites (tertiary alicyclic amines) is 2. The van der Waals surface area contributed by atoms with Crippen LogP contribution in [-0.2, 0) is 49.6 Å². The van der Waals surface area contributed by atoms with Gasteiger partial charge in [-0.15, -0.1) is 0 Å². The predicted octanol–water partition coefficient (Wildman–Crippen LogP) is -3.26. The first-order chi connectivity index (χ1) is 32.2. The second kappa shape index (κ2) is 27.4. The van der Waals surface area contributed by atoms with E-state index in [9.17, 15) is 58.2 Å². The highest BCUT2D eigenvalue weighted by molar-refractivity contribution is 5.98. The highest BCUT2D eigenvalue weighted by atomic mass is 16.4. The molecule has 376 valence electrons. The Hall–Kier alpha value is -7.21. The molecule has 25 nitrogen and oxygen atoms in total. The van der Waals surface area contributed by atoms with E-state index in [0.29, 0.717) is 44.2 Å². The summed E-state index contributed by atoms with van der Waals surface area (Å²) in [6.45, 7) is 4.35. The van der Waals surface area contributed by atoms with Crippen LogP contribution in [0.2, 0.25) is 0 Å². The van der Waals surface area contributed by atoms with Gasteiger partial charge in [-0.1, -0.05) is 26.0 Å². The van der Waals surface area contributed by atoms with Crippen molar-refractivity contribution in [2.75, 3.05) is 39.3 Å². The third-order valence-electron chi connectivity index (χ3n) is 11.3. The number of aromatic hydroxyl groups is 1. The number of aliphatic imine (C=N–C) groups is 1. The number of phenolic OH excluding ortho intramolecular Hbond substituents is 1. The first-order valence-corrected chi connectivity index (χ1v) is 22.6. The number of guanidine groups is 1. The van der Waals surface area contributed by atoms with E-state index >= 15 is 0 Å². The number of benzene rings is 1. The van der Waals surface area contributed by atoms with Gasteiger partial charge in [0, 0.05) is 39.5 Å². The van der Waals surface area contributed by atoms with Crippen LogP contribution in [0.3, 0.4) is 0 Å². The molecule has 0 radical (unpaired) electrons. The van der Waals surface area contributed by atoms with E-state index in [1.165, 1.54) is 28.9 Å². The number of nitrogens with one attached hydrogen (secondary N) is 7. The van der Waals surface area contributed by atoms with E-state index in [2.05, 4.69) is 42.2 Å². The van der Waals surface area contributed by atoms with Crippen LogP contribution in [0.15, 0.2) is 29.3 Å². The van der Waals surface area contributed by atoms with Crippen molar-refractivity contribution >= 4 is 65.2 Å². The van der Waals surface area contributed by atoms with Gasteiger partial charge in [0.15, 0.2) is 5.96 Å². The molecular weight excluding hydrogens is 891 g/mol. The van der Waals surface area contributed by atoms with Crippen LogP contribution in [-0.4, -0.2) is 161 Å². The van der Waals surface area contributed by atoms with Gasteiger partial charge in [-0.25, -0.2) is 4.79 Å². The predicted molar refractivity (Wildman–Crippen MR) is 245 cm³/mol. The molecule has 25 heteroatoms. The first kappa shape index (κ1) is 55.1. The van der Waals surface area contributed by atoms with E-state index in [0.717, 1.165) is 0 Å². The van der Waals surface area contributed by atoms with Crippen LogP contribution in [0.1, 0.15) is 84.1 Å². The number of phenols is 1. The highest BCUT2D eigenvalue weighted by Gasteiger charge is 2.42. The van der Waals surface area contributed by atoms with Crippen molar-refractivity contribution in [3.63, 3.8) is 0 Å². The summed E-state index contributed by atoms with van der Waals surface area (Å²) in [4.78, 5) is 136. The zero-order valence-corrected chi connectivity index (χ0v) is 38.7. The summed E-state index contributed by atoms with van der Waals surface area (Å²) >= 11 is 0. The first-order valence-electron chi connectivity index (χ1n) is 22.6. The van der Waals surface area contributed by atoms with Crippen LogP contribution >= 0.6 is 0 Å². The molecule has 1 aromatic carbocycles. The second-order valence-corrected chi connectivity index (χ2v) is 17.0. The van der Waals surface area contributed by atoms with E-state index < -0.39 is 109 Å². The molecule has 0 saturated carbocycles. The molecule has 3 rings (SSSR count). The lowest BCUT2D eigenvalue weighted by atomic mass is 10.0. The Morgan fingerprint density at radius 1 is 0.706 bits per heavy atom. The van der Waals surface area contributed by atoms with Gasteiger partial charge in [0.2, 0.25) is 53.2 Å². The molecule has 1 aromatic rings. The fourth-order valence-corrected chi connectivity index (χ4v) is 7.84. The zero-order valence-electron chi connectivity index (χ0n) is 38.7. The number of amides is 10. The fourth-order valence-electron chi connectivity index (χ4n) is 7.84. The number of hydrogen-bond acceptors (Lipinski definition) is 12. The Kier molecular flexibility index (Phi) is 22.2. The molecule has 0 spiro atoms. The van der Waals surface area contributed by atoms with Gasteiger partial charge in [-0.05, 0) is 81.4 Å². The van der Waals surface area contributed by atoms with Crippen molar-refractivity contribution in [2.45, 2.75) is 121 Å². The third kappa shape index (κ3) is 18.2. The van der Waals surface area contributed by atoms with Crippen molar-refractivity contribution in [3.05, 3.63) is 29.8 Å². The van der Waals surface area contributed by atoms with Crippen molar-refractivity contribution in [3.8, 4) is 5.75 Å². The summed E-state index contributed by atoms with van der Waals surface area (Å²) < 4.78 is 0. The average molecular weight is 958 g/mol. The molecule has 68 heavy (non-hydrogen) atoms. The summed E-state index contributed by atoms with van der Waals surface area (Å²) in [6.07, 6.45) is 0.962. The summed E-state index contributed by atoms with van der Waals surface area (Å²) in [5, 5.41) is 36.7. The molecule has 2 fully saturated rings. The summed E-state index contributed by atoms with van der Waals surface area (Å²) in [5.74, 6) is -6.58. The van der Waals surface area contributed by atoms with Crippen molar-refractivity contribution < 1.29 is 58.2 Å². The lowest BCUT2D eigenvalue weighted by molar-refractivity contribution is -0.145. The standard InChI is InChI=1S/C43H67N13O12/c1-24(2)35(54-37(62)29(10-6-18-48-42(45)46)51-34(60)23-50-36(61)28(53-43(67)68)9-4-5-17-47-25(3)57)41(66)56-20-8-12-32(56)39(64)52-30(21-26-13-15-27(58)16-14-26)40(65)55-19-7-11-31(55)38(63)49-22-33(44)59/h13-16,24,28-32,35,53,58H,4-12,17-23H2,1-3H3,(H2,44,59)(H,47,57)(H,49,63)(H,50,61)(H,51,60)(H,52,64)(H,54,62)(H,67,68)(H4,45,46,48)/t28-,29-,30-,31-,32-,35-/m0/s1. The minimum atomic E-state index is -1.47. The van der Waals surface area contributed by atoms with Gasteiger partial charge in [0.05, 0.1) is 13.1 Å². The number of rotatable bonds is 26. The Balaban J connectivity index is 1.77. The Labute approximate surface area is 393 Å². The lowest BCUT2D eigenvalue weighted by Gasteiger charge is -2.33. The minimum absolute atomic E-state index is 0.0192. The van der Waals surface area contributed by atoms with Crippen LogP contribution in [0.5, 0.6) is 5.75 Å². The maximum Gasteiger partial charge on any atom is 0.405 e. The van der Waals surface area contributed by atoms with Gasteiger partial charge in [-0.2, -0.15) is 0 Å². The Bertz CT molecular complexity index is 2000. The normalized spacial score (nSPS) is 17.1. The summed E-state index contributed by atoms with van der Waals surface area (Å²) in [7, 11) is 0. The van der Waals surface area contributed by atoms with Crippen LogP contribution in [0, 0.1) is 5.92 Å². The molecule has 2 saturated heterocycles. The van der Waals surface area contributed by atoms with E-state index in [1.807, 2.05) is 0 Å². The molecule has 2 aliphatic heterocycles. The molecule has 10 amide bonds. The molecule has 0 unspecified atom stereocenters. The fraction of sp³-hybridized carbons (Fsp3) is 0.605. The lowest BCUT2D eigenvalue weighted by Crippen LogP contribution is -2.60. The molecule has 0 bridgehead atoms. The molecule has 6 atom stereocenters. The molecule has 2 heterocycles. The quantitative estimate of drug-likeness (QED) is 0.0247. The van der Waals surface area contributed by atoms with Crippen LogP contribution in [0.25, 0.3) is 0 Å². The molecule has 0 aliphatic carbocycles. The van der Waals surface area contributed by atoms with E-state index in [4.69, 9.17) is 17.2 Å². The Morgan fingerprint density at radius 3 is 1.90 bits per heavy atom. The third-order valence-corrected chi connectivity index (χ3v) is 11.3. The number of unbranched alkanes of at least 4 members (excludes halogenated alkanes) is 1. The zero-order chi connectivity index (χ0) is 50.5. The highest BCUT2D eigenvalue weighted by Crippen LogP contribution is 2.24. The van der Waals surface area contributed by atoms with Crippen molar-refractivity contribution in [1.29, 1.82) is 0 Å². The van der Waals surface area contributed by atoms with Crippen molar-refractivity contribution in [2.24, 2.45) is 28.1 Å². The van der Waals surface area contributed by atoms with Gasteiger partial charge in [0.25, 0.3) is 0 Å². The molecule has 0 aromatic heterocycles. The Morgan fingerprint density at radius 2 is 1.31 bits per heavy atom. The summed E-state index contributed by atoms with van der Waals surface area (Å²) in [6, 6.07) is -0.932. The summed E-state index contributed by atoms with van der Waals surface area (Å²) in [5.41, 5.74) is 16.7. The topological polar surface area (TPSA) is 392 Å². The smallest absolute Gasteiger partial charge is 0.405 e. The van der Waals surface area contributed by atoms with Gasteiger partial charge >= 0.3 is 6.09 Å². The monoisotopic (exact) mass is 958 g/mol. The second-order valence-electron chi connectivity index (χ2n) is 17.0. The van der Waals surface area contributed by atoms with Crippen molar-refractivity contribution in [1.82, 2.24) is 47.0 Å². The van der Waals surface area contributed by atoms with E-state index in [1.54, 1.807) is 26.0 Å². The largest absolute Gasteiger partial charge is 0.508 e. The number of nitrogens with zero attached hydrogens (tertiary/aromatic N) is 3. The number of carbonyl (C=O) groups is 10. The van der Waals surface area contributed by atoms with Crippen LogP contribution in [0.4, 0.5) is 4.79 Å². The number of primary amides is 1. The van der Waals surface area contributed by atoms with Gasteiger partial charge in [-0.3, -0.25) is 48.1 Å². The van der Waals surface area contributed by atoms with Crippen LogP contribution < -0.4 is 54.4 Å².